The number of primary amides is 1. The lowest BCUT2D eigenvalue weighted by Gasteiger charge is -2.17. The third-order valence-corrected chi connectivity index (χ3v) is 6.09. The van der Waals surface area contributed by atoms with Crippen molar-refractivity contribution in [2.24, 2.45) is 5.73 Å². The predicted octanol–water partition coefficient (Wildman–Crippen LogP) is 1.96. The Hall–Kier alpha value is -3.43. The van der Waals surface area contributed by atoms with Crippen molar-refractivity contribution in [2.45, 2.75) is 4.90 Å². The molecule has 156 valence electrons. The first-order chi connectivity index (χ1) is 14.3. The van der Waals surface area contributed by atoms with Gasteiger partial charge in [-0.1, -0.05) is 36.4 Å². The van der Waals surface area contributed by atoms with Crippen molar-refractivity contribution in [3.05, 3.63) is 66.7 Å². The summed E-state index contributed by atoms with van der Waals surface area (Å²) in [5.41, 5.74) is 5.44. The SMILES string of the molecule is CN(CC(=O)Nc1cccc(OCC(N)=O)c1)S(=O)(=O)c1ccc2ccccc2c1. The first-order valence-corrected chi connectivity index (χ1v) is 10.5. The summed E-state index contributed by atoms with van der Waals surface area (Å²) < 4.78 is 31.9. The maximum Gasteiger partial charge on any atom is 0.255 e. The number of amides is 2. The van der Waals surface area contributed by atoms with Gasteiger partial charge in [-0.25, -0.2) is 8.42 Å². The zero-order chi connectivity index (χ0) is 21.7. The fraction of sp³-hybridized carbons (Fsp3) is 0.143. The highest BCUT2D eigenvalue weighted by molar-refractivity contribution is 7.89. The van der Waals surface area contributed by atoms with Gasteiger partial charge in [0.1, 0.15) is 5.75 Å². The molecule has 8 nitrogen and oxygen atoms in total. The summed E-state index contributed by atoms with van der Waals surface area (Å²) in [4.78, 5) is 23.3. The Morgan fingerprint density at radius 2 is 1.73 bits per heavy atom. The highest BCUT2D eigenvalue weighted by Crippen LogP contribution is 2.22. The third kappa shape index (κ3) is 5.13. The minimum absolute atomic E-state index is 0.110. The average Bonchev–Trinajstić information content (AvgIpc) is 2.72. The van der Waals surface area contributed by atoms with Crippen molar-refractivity contribution in [2.75, 3.05) is 25.5 Å². The molecule has 0 fully saturated rings. The Kier molecular flexibility index (Phi) is 6.34. The first kappa shape index (κ1) is 21.3. The van der Waals surface area contributed by atoms with Crippen LogP contribution in [0.1, 0.15) is 0 Å². The van der Waals surface area contributed by atoms with Gasteiger partial charge >= 0.3 is 0 Å². The molecular weight excluding hydrogens is 406 g/mol. The zero-order valence-corrected chi connectivity index (χ0v) is 17.1. The van der Waals surface area contributed by atoms with E-state index >= 15 is 0 Å². The molecule has 3 aromatic carbocycles. The summed E-state index contributed by atoms with van der Waals surface area (Å²) in [7, 11) is -2.50. The highest BCUT2D eigenvalue weighted by atomic mass is 32.2. The number of benzene rings is 3. The Bertz CT molecular complexity index is 1190. The van der Waals surface area contributed by atoms with Crippen LogP contribution in [0, 0.1) is 0 Å². The second kappa shape index (κ2) is 8.93. The van der Waals surface area contributed by atoms with Crippen LogP contribution < -0.4 is 15.8 Å². The Balaban J connectivity index is 1.68. The lowest BCUT2D eigenvalue weighted by atomic mass is 10.1. The first-order valence-electron chi connectivity index (χ1n) is 9.02. The van der Waals surface area contributed by atoms with E-state index in [4.69, 9.17) is 10.5 Å². The van der Waals surface area contributed by atoms with Gasteiger partial charge in [0.2, 0.25) is 15.9 Å². The normalized spacial score (nSPS) is 11.4. The van der Waals surface area contributed by atoms with Crippen LogP contribution in [0.25, 0.3) is 10.8 Å². The number of anilines is 1. The van der Waals surface area contributed by atoms with Crippen LogP contribution in [0.4, 0.5) is 5.69 Å². The van der Waals surface area contributed by atoms with Crippen LogP contribution in [0.5, 0.6) is 5.75 Å². The molecule has 30 heavy (non-hydrogen) atoms. The molecule has 0 spiro atoms. The Morgan fingerprint density at radius 3 is 2.47 bits per heavy atom. The maximum absolute atomic E-state index is 12.8. The van der Waals surface area contributed by atoms with Crippen molar-refractivity contribution >= 4 is 38.3 Å². The Labute approximate surface area is 174 Å². The molecule has 0 aliphatic heterocycles. The number of sulfonamides is 1. The van der Waals surface area contributed by atoms with Gasteiger partial charge in [0.25, 0.3) is 5.91 Å². The average molecular weight is 427 g/mol. The number of carbonyl (C=O) groups excluding carboxylic acids is 2. The van der Waals surface area contributed by atoms with Crippen LogP contribution in [0.3, 0.4) is 0 Å². The van der Waals surface area contributed by atoms with E-state index in [9.17, 15) is 18.0 Å². The third-order valence-electron chi connectivity index (χ3n) is 4.29. The van der Waals surface area contributed by atoms with E-state index < -0.39 is 21.8 Å². The molecule has 0 aliphatic rings. The number of nitrogens with one attached hydrogen (secondary N) is 1. The predicted molar refractivity (Wildman–Crippen MR) is 114 cm³/mol. The van der Waals surface area contributed by atoms with E-state index in [1.807, 2.05) is 24.3 Å². The number of likely N-dealkylation sites (N-methyl/N-ethyl adjacent to an activating group) is 1. The van der Waals surface area contributed by atoms with Crippen LogP contribution in [0.2, 0.25) is 0 Å². The lowest BCUT2D eigenvalue weighted by molar-refractivity contribution is -0.120. The van der Waals surface area contributed by atoms with Crippen molar-refractivity contribution in [3.8, 4) is 5.75 Å². The van der Waals surface area contributed by atoms with Crippen molar-refractivity contribution in [1.29, 1.82) is 0 Å². The van der Waals surface area contributed by atoms with E-state index in [1.54, 1.807) is 30.3 Å². The summed E-state index contributed by atoms with van der Waals surface area (Å²) in [6, 6.07) is 18.6. The van der Waals surface area contributed by atoms with Gasteiger partial charge < -0.3 is 15.8 Å². The number of nitrogens with two attached hydrogens (primary N) is 1. The van der Waals surface area contributed by atoms with Crippen LogP contribution >= 0.6 is 0 Å². The summed E-state index contributed by atoms with van der Waals surface area (Å²) in [6.07, 6.45) is 0. The molecule has 3 N–H and O–H groups in total. The molecule has 3 aromatic rings. The fourth-order valence-electron chi connectivity index (χ4n) is 2.81. The minimum Gasteiger partial charge on any atom is -0.484 e. The highest BCUT2D eigenvalue weighted by Gasteiger charge is 2.23. The number of nitrogens with zero attached hydrogens (tertiary/aromatic N) is 1. The largest absolute Gasteiger partial charge is 0.484 e. The van der Waals surface area contributed by atoms with Crippen LogP contribution in [-0.2, 0) is 19.6 Å². The molecule has 0 aromatic heterocycles. The summed E-state index contributed by atoms with van der Waals surface area (Å²) >= 11 is 0. The number of ether oxygens (including phenoxy) is 1. The van der Waals surface area contributed by atoms with E-state index in [0.717, 1.165) is 15.1 Å². The summed E-state index contributed by atoms with van der Waals surface area (Å²) in [6.45, 7) is -0.661. The molecule has 0 atom stereocenters. The molecule has 3 rings (SSSR count). The second-order valence-electron chi connectivity index (χ2n) is 6.60. The smallest absolute Gasteiger partial charge is 0.255 e. The molecule has 0 aliphatic carbocycles. The van der Waals surface area contributed by atoms with Gasteiger partial charge in [-0.15, -0.1) is 0 Å². The van der Waals surface area contributed by atoms with Crippen molar-refractivity contribution in [1.82, 2.24) is 4.31 Å². The quantitative estimate of drug-likeness (QED) is 0.570. The minimum atomic E-state index is -3.85. The number of rotatable bonds is 8. The molecule has 0 unspecified atom stereocenters. The molecule has 0 radical (unpaired) electrons. The van der Waals surface area contributed by atoms with E-state index in [1.165, 1.54) is 19.2 Å². The molecule has 0 saturated heterocycles. The van der Waals surface area contributed by atoms with Gasteiger partial charge in [-0.3, -0.25) is 9.59 Å². The lowest BCUT2D eigenvalue weighted by Crippen LogP contribution is -2.35. The molecular formula is C21H21N3O5S. The number of carbonyl (C=O) groups is 2. The van der Waals surface area contributed by atoms with Crippen LogP contribution in [-0.4, -0.2) is 44.7 Å². The molecule has 0 saturated carbocycles. The van der Waals surface area contributed by atoms with Gasteiger partial charge in [0, 0.05) is 18.8 Å². The summed E-state index contributed by atoms with van der Waals surface area (Å²) in [5.74, 6) is -0.789. The Morgan fingerprint density at radius 1 is 1.00 bits per heavy atom. The van der Waals surface area contributed by atoms with Crippen molar-refractivity contribution in [3.63, 3.8) is 0 Å². The molecule has 0 heterocycles. The summed E-state index contributed by atoms with van der Waals surface area (Å²) in [5, 5.41) is 4.33. The second-order valence-corrected chi connectivity index (χ2v) is 8.65. The topological polar surface area (TPSA) is 119 Å². The van der Waals surface area contributed by atoms with E-state index in [0.29, 0.717) is 11.4 Å². The number of hydrogen-bond acceptors (Lipinski definition) is 5. The molecule has 0 bridgehead atoms. The maximum atomic E-state index is 12.8. The zero-order valence-electron chi connectivity index (χ0n) is 16.2. The number of fused-ring (bicyclic) bond motifs is 1. The van der Waals surface area contributed by atoms with Gasteiger partial charge in [-0.2, -0.15) is 4.31 Å². The van der Waals surface area contributed by atoms with Crippen LogP contribution in [0.15, 0.2) is 71.6 Å². The monoisotopic (exact) mass is 427 g/mol. The van der Waals surface area contributed by atoms with Gasteiger partial charge in [0.05, 0.1) is 11.4 Å². The van der Waals surface area contributed by atoms with Gasteiger partial charge in [-0.05, 0) is 35.0 Å². The molecule has 2 amide bonds. The molecule has 9 heteroatoms. The standard InChI is InChI=1S/C21H21N3O5S/c1-24(30(27,28)19-10-9-15-5-2-3-6-16(15)11-19)13-21(26)23-17-7-4-8-18(12-17)29-14-20(22)25/h2-12H,13-14H2,1H3,(H2,22,25)(H,23,26). The number of hydrogen-bond donors (Lipinski definition) is 2. The van der Waals surface area contributed by atoms with E-state index in [2.05, 4.69) is 5.32 Å². The van der Waals surface area contributed by atoms with Crippen molar-refractivity contribution < 1.29 is 22.7 Å². The van der Waals surface area contributed by atoms with Gasteiger partial charge in [0.15, 0.2) is 6.61 Å². The van der Waals surface area contributed by atoms with E-state index in [-0.39, 0.29) is 18.0 Å². The fourth-order valence-corrected chi connectivity index (χ4v) is 3.98.